The molecule has 2 aromatic rings. The number of amides is 4. The second-order valence-electron chi connectivity index (χ2n) is 7.83. The number of carbonyl (C=O) groups is 3. The van der Waals surface area contributed by atoms with Crippen molar-refractivity contribution in [2.75, 3.05) is 6.54 Å². The summed E-state index contributed by atoms with van der Waals surface area (Å²) in [4.78, 5) is 41.1. The SMILES string of the molecule is O=C(CC[C@@H]1NC(=O)N(CCc2c[nH]c3ccc(F)cc23)C1=O)NC1CCCC1. The number of imide groups is 1. The van der Waals surface area contributed by atoms with Crippen LogP contribution in [-0.4, -0.2) is 46.4 Å². The van der Waals surface area contributed by atoms with Crippen molar-refractivity contribution >= 4 is 28.7 Å². The van der Waals surface area contributed by atoms with Gasteiger partial charge >= 0.3 is 6.03 Å². The van der Waals surface area contributed by atoms with Crippen LogP contribution >= 0.6 is 0 Å². The fraction of sp³-hybridized carbons (Fsp3) is 0.476. The topological polar surface area (TPSA) is 94.3 Å². The molecule has 0 bridgehead atoms. The van der Waals surface area contributed by atoms with Crippen molar-refractivity contribution in [3.05, 3.63) is 35.8 Å². The quantitative estimate of drug-likeness (QED) is 0.624. The van der Waals surface area contributed by atoms with Crippen molar-refractivity contribution < 1.29 is 18.8 Å². The van der Waals surface area contributed by atoms with Gasteiger partial charge in [-0.1, -0.05) is 12.8 Å². The molecule has 0 radical (unpaired) electrons. The predicted molar refractivity (Wildman–Crippen MR) is 106 cm³/mol. The molecule has 4 rings (SSSR count). The molecule has 0 unspecified atom stereocenters. The highest BCUT2D eigenvalue weighted by Crippen LogP contribution is 2.21. The lowest BCUT2D eigenvalue weighted by Gasteiger charge is -2.14. The Hall–Kier alpha value is -2.90. The molecule has 0 spiro atoms. The zero-order chi connectivity index (χ0) is 20.4. The number of aromatic amines is 1. The van der Waals surface area contributed by atoms with Crippen LogP contribution in [0.4, 0.5) is 9.18 Å². The Balaban J connectivity index is 1.30. The minimum Gasteiger partial charge on any atom is -0.361 e. The lowest BCUT2D eigenvalue weighted by atomic mass is 10.1. The summed E-state index contributed by atoms with van der Waals surface area (Å²) in [5.74, 6) is -0.711. The van der Waals surface area contributed by atoms with Gasteiger partial charge in [-0.05, 0) is 49.4 Å². The molecule has 1 aliphatic heterocycles. The van der Waals surface area contributed by atoms with Gasteiger partial charge < -0.3 is 15.6 Å². The van der Waals surface area contributed by atoms with E-state index in [9.17, 15) is 18.8 Å². The number of nitrogens with zero attached hydrogens (tertiary/aromatic N) is 1. The fourth-order valence-electron chi connectivity index (χ4n) is 4.22. The summed E-state index contributed by atoms with van der Waals surface area (Å²) in [7, 11) is 0. The number of aromatic nitrogens is 1. The zero-order valence-electron chi connectivity index (χ0n) is 16.2. The van der Waals surface area contributed by atoms with Gasteiger partial charge in [0.25, 0.3) is 5.91 Å². The molecule has 7 nitrogen and oxygen atoms in total. The minimum atomic E-state index is -0.669. The highest BCUT2D eigenvalue weighted by atomic mass is 19.1. The van der Waals surface area contributed by atoms with E-state index in [4.69, 9.17) is 0 Å². The number of benzene rings is 1. The van der Waals surface area contributed by atoms with Gasteiger partial charge in [0.15, 0.2) is 0 Å². The van der Waals surface area contributed by atoms with E-state index >= 15 is 0 Å². The van der Waals surface area contributed by atoms with E-state index in [-0.39, 0.29) is 43.1 Å². The van der Waals surface area contributed by atoms with Crippen molar-refractivity contribution in [1.82, 2.24) is 20.5 Å². The summed E-state index contributed by atoms with van der Waals surface area (Å²) in [6.07, 6.45) is 7.00. The summed E-state index contributed by atoms with van der Waals surface area (Å²) in [5, 5.41) is 6.41. The third-order valence-corrected chi connectivity index (χ3v) is 5.82. The van der Waals surface area contributed by atoms with Gasteiger partial charge in [-0.2, -0.15) is 0 Å². The van der Waals surface area contributed by atoms with Crippen LogP contribution in [0.5, 0.6) is 0 Å². The van der Waals surface area contributed by atoms with Crippen molar-refractivity contribution in [2.45, 2.75) is 57.0 Å². The van der Waals surface area contributed by atoms with E-state index < -0.39 is 12.1 Å². The predicted octanol–water partition coefficient (Wildman–Crippen LogP) is 2.61. The van der Waals surface area contributed by atoms with E-state index in [1.807, 2.05) is 0 Å². The first-order valence-corrected chi connectivity index (χ1v) is 10.2. The molecule has 1 atom stereocenters. The Bertz CT molecular complexity index is 935. The van der Waals surface area contributed by atoms with Gasteiger partial charge in [0.1, 0.15) is 11.9 Å². The normalized spacial score (nSPS) is 19.9. The van der Waals surface area contributed by atoms with Crippen LogP contribution in [0, 0.1) is 5.82 Å². The molecule has 3 N–H and O–H groups in total. The first-order chi connectivity index (χ1) is 14.0. The Morgan fingerprint density at radius 1 is 1.24 bits per heavy atom. The molecular formula is C21H25FN4O3. The van der Waals surface area contributed by atoms with Crippen molar-refractivity contribution in [3.8, 4) is 0 Å². The molecule has 1 aromatic heterocycles. The molecule has 1 aliphatic carbocycles. The fourth-order valence-corrected chi connectivity index (χ4v) is 4.22. The maximum atomic E-state index is 13.5. The molecule has 1 aromatic carbocycles. The van der Waals surface area contributed by atoms with Gasteiger partial charge in [-0.3, -0.25) is 14.5 Å². The summed E-state index contributed by atoms with van der Waals surface area (Å²) in [6, 6.07) is 3.62. The van der Waals surface area contributed by atoms with E-state index in [1.54, 1.807) is 12.3 Å². The third kappa shape index (κ3) is 4.26. The van der Waals surface area contributed by atoms with Crippen LogP contribution in [0.1, 0.15) is 44.1 Å². The zero-order valence-corrected chi connectivity index (χ0v) is 16.2. The van der Waals surface area contributed by atoms with Crippen LogP contribution in [0.25, 0.3) is 10.9 Å². The number of fused-ring (bicyclic) bond motifs is 1. The molecule has 8 heteroatoms. The Labute approximate surface area is 168 Å². The highest BCUT2D eigenvalue weighted by molar-refractivity contribution is 6.04. The van der Waals surface area contributed by atoms with E-state index in [2.05, 4.69) is 15.6 Å². The number of carbonyl (C=O) groups excluding carboxylic acids is 3. The van der Waals surface area contributed by atoms with Crippen LogP contribution in [0.2, 0.25) is 0 Å². The number of halogens is 1. The smallest absolute Gasteiger partial charge is 0.324 e. The third-order valence-electron chi connectivity index (χ3n) is 5.82. The lowest BCUT2D eigenvalue weighted by Crippen LogP contribution is -2.35. The molecule has 2 heterocycles. The Morgan fingerprint density at radius 3 is 2.83 bits per heavy atom. The largest absolute Gasteiger partial charge is 0.361 e. The molecule has 29 heavy (non-hydrogen) atoms. The molecular weight excluding hydrogens is 375 g/mol. The van der Waals surface area contributed by atoms with E-state index in [0.717, 1.165) is 42.1 Å². The van der Waals surface area contributed by atoms with Gasteiger partial charge in [0.05, 0.1) is 0 Å². The Kier molecular flexibility index (Phi) is 5.51. The van der Waals surface area contributed by atoms with Crippen molar-refractivity contribution in [3.63, 3.8) is 0 Å². The number of hydrogen-bond donors (Lipinski definition) is 3. The van der Waals surface area contributed by atoms with Gasteiger partial charge in [0.2, 0.25) is 5.91 Å². The molecule has 1 saturated carbocycles. The maximum Gasteiger partial charge on any atom is 0.324 e. The van der Waals surface area contributed by atoms with Crippen LogP contribution in [0.3, 0.4) is 0 Å². The van der Waals surface area contributed by atoms with E-state index in [0.29, 0.717) is 6.42 Å². The summed E-state index contributed by atoms with van der Waals surface area (Å²) >= 11 is 0. The van der Waals surface area contributed by atoms with E-state index in [1.165, 1.54) is 17.0 Å². The maximum absolute atomic E-state index is 13.5. The second-order valence-corrected chi connectivity index (χ2v) is 7.83. The highest BCUT2D eigenvalue weighted by Gasteiger charge is 2.37. The molecule has 2 fully saturated rings. The molecule has 154 valence electrons. The molecule has 1 saturated heterocycles. The second kappa shape index (κ2) is 8.23. The first kappa shape index (κ1) is 19.4. The van der Waals surface area contributed by atoms with Crippen LogP contribution < -0.4 is 10.6 Å². The number of hydrogen-bond acceptors (Lipinski definition) is 3. The van der Waals surface area contributed by atoms with Gasteiger partial charge in [-0.15, -0.1) is 0 Å². The standard InChI is InChI=1S/C21H25FN4O3/c22-14-5-6-17-16(11-14)13(12-23-17)9-10-26-20(28)18(25-21(26)29)7-8-19(27)24-15-3-1-2-4-15/h5-6,11-12,15,18,23H,1-4,7-10H2,(H,24,27)(H,25,29)/t18-/m0/s1. The monoisotopic (exact) mass is 400 g/mol. The number of urea groups is 1. The summed E-state index contributed by atoms with van der Waals surface area (Å²) < 4.78 is 13.5. The average molecular weight is 400 g/mol. The Morgan fingerprint density at radius 2 is 2.03 bits per heavy atom. The van der Waals surface area contributed by atoms with Gasteiger partial charge in [0, 0.05) is 36.1 Å². The minimum absolute atomic E-state index is 0.0711. The first-order valence-electron chi connectivity index (χ1n) is 10.2. The number of rotatable bonds is 7. The molecule has 2 aliphatic rings. The van der Waals surface area contributed by atoms with Crippen molar-refractivity contribution in [1.29, 1.82) is 0 Å². The van der Waals surface area contributed by atoms with Gasteiger partial charge in [-0.25, -0.2) is 9.18 Å². The number of H-pyrrole nitrogens is 1. The van der Waals surface area contributed by atoms with Crippen LogP contribution in [0.15, 0.2) is 24.4 Å². The average Bonchev–Trinajstić information content (AvgIpc) is 3.40. The number of nitrogens with one attached hydrogen (secondary N) is 3. The lowest BCUT2D eigenvalue weighted by molar-refractivity contribution is -0.127. The van der Waals surface area contributed by atoms with Crippen molar-refractivity contribution in [2.24, 2.45) is 0 Å². The summed E-state index contributed by atoms with van der Waals surface area (Å²) in [5.41, 5.74) is 1.66. The molecule has 4 amide bonds. The van der Waals surface area contributed by atoms with Crippen LogP contribution in [-0.2, 0) is 16.0 Å². The summed E-state index contributed by atoms with van der Waals surface area (Å²) in [6.45, 7) is 0.207.